The van der Waals surface area contributed by atoms with Crippen LogP contribution in [0, 0.1) is 0 Å². The number of hydrogen-bond donors (Lipinski definition) is 1. The van der Waals surface area contributed by atoms with Gasteiger partial charge in [-0.1, -0.05) is 6.92 Å². The molecule has 1 fully saturated rings. The first kappa shape index (κ1) is 11.1. The van der Waals surface area contributed by atoms with Crippen molar-refractivity contribution in [3.8, 4) is 0 Å². The van der Waals surface area contributed by atoms with Gasteiger partial charge in [-0.2, -0.15) is 11.8 Å². The van der Waals surface area contributed by atoms with E-state index in [1.807, 2.05) is 11.8 Å². The van der Waals surface area contributed by atoms with Gasteiger partial charge >= 0.3 is 0 Å². The number of aliphatic imine (C=N–C) groups is 1. The molecule has 2 rings (SSSR count). The fourth-order valence-corrected chi connectivity index (χ4v) is 2.92. The Bertz CT molecular complexity index is 242. The van der Waals surface area contributed by atoms with Crippen molar-refractivity contribution in [2.24, 2.45) is 4.99 Å². The van der Waals surface area contributed by atoms with Gasteiger partial charge < -0.3 is 10.2 Å². The summed E-state index contributed by atoms with van der Waals surface area (Å²) < 4.78 is 0. The molecule has 4 heteroatoms. The minimum absolute atomic E-state index is 0.553. The van der Waals surface area contributed by atoms with E-state index in [2.05, 4.69) is 23.4 Å². The van der Waals surface area contributed by atoms with Gasteiger partial charge in [0.2, 0.25) is 0 Å². The molecule has 2 aliphatic heterocycles. The van der Waals surface area contributed by atoms with E-state index in [1.54, 1.807) is 0 Å². The maximum Gasteiger partial charge on any atom is 0.194 e. The van der Waals surface area contributed by atoms with E-state index >= 15 is 0 Å². The predicted octanol–water partition coefficient (Wildman–Crippen LogP) is 1.55. The van der Waals surface area contributed by atoms with Crippen LogP contribution in [0.15, 0.2) is 4.99 Å². The number of nitrogens with one attached hydrogen (secondary N) is 1. The number of guanidine groups is 1. The highest BCUT2D eigenvalue weighted by Gasteiger charge is 2.26. The molecule has 0 bridgehead atoms. The van der Waals surface area contributed by atoms with Gasteiger partial charge in [0.05, 0.1) is 6.04 Å². The van der Waals surface area contributed by atoms with Gasteiger partial charge in [0.15, 0.2) is 5.96 Å². The van der Waals surface area contributed by atoms with Gasteiger partial charge in [0.1, 0.15) is 0 Å². The second-order valence-electron chi connectivity index (χ2n) is 4.38. The Labute approximate surface area is 96.7 Å². The fourth-order valence-electron chi connectivity index (χ4n) is 2.26. The lowest BCUT2D eigenvalue weighted by molar-refractivity contribution is 0.298. The quantitative estimate of drug-likeness (QED) is 0.793. The maximum absolute atomic E-state index is 4.78. The van der Waals surface area contributed by atoms with Crippen LogP contribution in [0.2, 0.25) is 0 Å². The average molecular weight is 227 g/mol. The Hall–Kier alpha value is -0.380. The summed E-state index contributed by atoms with van der Waals surface area (Å²) in [4.78, 5) is 7.18. The van der Waals surface area contributed by atoms with Gasteiger partial charge in [0, 0.05) is 24.9 Å². The summed E-state index contributed by atoms with van der Waals surface area (Å²) in [5, 5.41) is 3.58. The van der Waals surface area contributed by atoms with Crippen molar-refractivity contribution in [1.82, 2.24) is 10.2 Å². The van der Waals surface area contributed by atoms with Gasteiger partial charge in [-0.3, -0.25) is 0 Å². The number of fused-ring (bicyclic) bond motifs is 1. The van der Waals surface area contributed by atoms with Crippen LogP contribution in [0.4, 0.5) is 0 Å². The zero-order chi connectivity index (χ0) is 10.7. The molecule has 2 unspecified atom stereocenters. The zero-order valence-corrected chi connectivity index (χ0v) is 10.5. The summed E-state index contributed by atoms with van der Waals surface area (Å²) in [7, 11) is 0. The third-order valence-electron chi connectivity index (χ3n) is 3.26. The lowest BCUT2D eigenvalue weighted by Gasteiger charge is -2.39. The van der Waals surface area contributed by atoms with Crippen molar-refractivity contribution >= 4 is 17.7 Å². The molecule has 1 N–H and O–H groups in total. The Kier molecular flexibility index (Phi) is 3.78. The van der Waals surface area contributed by atoms with Gasteiger partial charge in [0.25, 0.3) is 0 Å². The molecule has 0 radical (unpaired) electrons. The van der Waals surface area contributed by atoms with E-state index in [9.17, 15) is 0 Å². The molecule has 15 heavy (non-hydrogen) atoms. The molecule has 0 aromatic carbocycles. The van der Waals surface area contributed by atoms with Crippen molar-refractivity contribution in [3.05, 3.63) is 0 Å². The lowest BCUT2D eigenvalue weighted by atomic mass is 10.1. The second kappa shape index (κ2) is 5.10. The first-order valence-electron chi connectivity index (χ1n) is 5.91. The molecule has 2 aliphatic rings. The number of hydrogen-bond acceptors (Lipinski definition) is 4. The molecule has 2 atom stereocenters. The minimum Gasteiger partial charge on any atom is -0.353 e. The van der Waals surface area contributed by atoms with Crippen LogP contribution < -0.4 is 5.32 Å². The third kappa shape index (κ3) is 2.60. The standard InChI is InChI=1S/C11H21N3S/c1-3-9-4-6-14-7-5-10(8-15-2)13-11(14)12-9/h9-10H,3-8H2,1-2H3,(H,12,13). The molecule has 0 aromatic heterocycles. The van der Waals surface area contributed by atoms with Gasteiger partial charge in [-0.05, 0) is 25.5 Å². The topological polar surface area (TPSA) is 27.6 Å². The summed E-state index contributed by atoms with van der Waals surface area (Å²) in [5.41, 5.74) is 0. The van der Waals surface area contributed by atoms with Crippen LogP contribution in [0.25, 0.3) is 0 Å². The molecule has 0 saturated carbocycles. The normalized spacial score (nSPS) is 30.5. The smallest absolute Gasteiger partial charge is 0.194 e. The molecule has 0 amide bonds. The van der Waals surface area contributed by atoms with Crippen molar-refractivity contribution < 1.29 is 0 Å². The largest absolute Gasteiger partial charge is 0.353 e. The number of rotatable bonds is 3. The first-order valence-corrected chi connectivity index (χ1v) is 7.31. The average Bonchev–Trinajstić information content (AvgIpc) is 2.28. The molecular weight excluding hydrogens is 206 g/mol. The summed E-state index contributed by atoms with van der Waals surface area (Å²) in [5.74, 6) is 2.36. The van der Waals surface area contributed by atoms with E-state index in [1.165, 1.54) is 44.1 Å². The van der Waals surface area contributed by atoms with Gasteiger partial charge in [-0.15, -0.1) is 0 Å². The van der Waals surface area contributed by atoms with Crippen LogP contribution in [-0.2, 0) is 0 Å². The molecule has 2 heterocycles. The minimum atomic E-state index is 0.553. The molecule has 1 saturated heterocycles. The third-order valence-corrected chi connectivity index (χ3v) is 3.99. The maximum atomic E-state index is 4.78. The molecule has 0 aromatic rings. The van der Waals surface area contributed by atoms with Crippen LogP contribution >= 0.6 is 11.8 Å². The first-order chi connectivity index (χ1) is 7.33. The van der Waals surface area contributed by atoms with E-state index in [4.69, 9.17) is 4.99 Å². The van der Waals surface area contributed by atoms with E-state index in [0.717, 1.165) is 0 Å². The van der Waals surface area contributed by atoms with Crippen LogP contribution in [-0.4, -0.2) is 48.0 Å². The molecule has 0 spiro atoms. The summed E-state index contributed by atoms with van der Waals surface area (Å²) in [6, 6.07) is 1.18. The highest BCUT2D eigenvalue weighted by molar-refractivity contribution is 7.98. The van der Waals surface area contributed by atoms with E-state index in [0.29, 0.717) is 12.1 Å². The van der Waals surface area contributed by atoms with Crippen LogP contribution in [0.5, 0.6) is 0 Å². The monoisotopic (exact) mass is 227 g/mol. The van der Waals surface area contributed by atoms with Crippen molar-refractivity contribution in [3.63, 3.8) is 0 Å². The van der Waals surface area contributed by atoms with E-state index < -0.39 is 0 Å². The summed E-state index contributed by atoms with van der Waals surface area (Å²) >= 11 is 1.92. The second-order valence-corrected chi connectivity index (χ2v) is 5.29. The highest BCUT2D eigenvalue weighted by atomic mass is 32.2. The number of nitrogens with zero attached hydrogens (tertiary/aromatic N) is 2. The zero-order valence-electron chi connectivity index (χ0n) is 9.70. The van der Waals surface area contributed by atoms with E-state index in [-0.39, 0.29) is 0 Å². The molecule has 0 aliphatic carbocycles. The lowest BCUT2D eigenvalue weighted by Crippen LogP contribution is -2.56. The SMILES string of the molecule is CCC1CCN2CCC(CSC)NC2=N1. The van der Waals surface area contributed by atoms with Crippen molar-refractivity contribution in [2.45, 2.75) is 38.3 Å². The molecule has 3 nitrogen and oxygen atoms in total. The van der Waals surface area contributed by atoms with Gasteiger partial charge in [-0.25, -0.2) is 4.99 Å². The number of thioether (sulfide) groups is 1. The summed E-state index contributed by atoms with van der Waals surface area (Å²) in [6.45, 7) is 4.61. The highest BCUT2D eigenvalue weighted by Crippen LogP contribution is 2.17. The fraction of sp³-hybridized carbons (Fsp3) is 0.909. The van der Waals surface area contributed by atoms with Crippen molar-refractivity contribution in [2.75, 3.05) is 25.1 Å². The molecule has 86 valence electrons. The Balaban J connectivity index is 1.98. The molecular formula is C11H21N3S. The Morgan fingerprint density at radius 2 is 2.27 bits per heavy atom. The van der Waals surface area contributed by atoms with Crippen molar-refractivity contribution in [1.29, 1.82) is 0 Å². The Morgan fingerprint density at radius 3 is 3.00 bits per heavy atom. The van der Waals surface area contributed by atoms with Crippen LogP contribution in [0.1, 0.15) is 26.2 Å². The van der Waals surface area contributed by atoms with Crippen LogP contribution in [0.3, 0.4) is 0 Å². The Morgan fingerprint density at radius 1 is 1.47 bits per heavy atom. The predicted molar refractivity (Wildman–Crippen MR) is 67.6 cm³/mol. The summed E-state index contributed by atoms with van der Waals surface area (Å²) in [6.07, 6.45) is 5.84.